The van der Waals surface area contributed by atoms with E-state index in [0.717, 1.165) is 19.3 Å². The molecule has 0 saturated heterocycles. The summed E-state index contributed by atoms with van der Waals surface area (Å²) in [6.07, 6.45) is 5.04. The smallest absolute Gasteiger partial charge is 0.494 e. The second-order valence-electron chi connectivity index (χ2n) is 5.41. The van der Waals surface area contributed by atoms with Crippen molar-refractivity contribution in [1.82, 2.24) is 0 Å². The minimum absolute atomic E-state index is 0.215. The van der Waals surface area contributed by atoms with Gasteiger partial charge in [0.1, 0.15) is 5.75 Å². The first-order chi connectivity index (χ1) is 12.2. The van der Waals surface area contributed by atoms with Gasteiger partial charge < -0.3 is 9.47 Å². The Kier molecular flexibility index (Phi) is 10.8. The number of carbonyl (C=O) groups is 2. The van der Waals surface area contributed by atoms with Gasteiger partial charge in [0.25, 0.3) is 0 Å². The van der Waals surface area contributed by atoms with Crippen molar-refractivity contribution in [2.75, 3.05) is 13.2 Å². The molecular formula is C18H26O7. The minimum atomic E-state index is -1.06. The number of carbonyl (C=O) groups excluding carboxylic acids is 2. The third-order valence-corrected chi connectivity index (χ3v) is 3.29. The second-order valence-corrected chi connectivity index (χ2v) is 5.41. The molecule has 1 aromatic rings. The highest BCUT2D eigenvalue weighted by atomic mass is 17.5. The van der Waals surface area contributed by atoms with Crippen LogP contribution in [0.4, 0.5) is 4.79 Å². The Bertz CT molecular complexity index is 499. The summed E-state index contributed by atoms with van der Waals surface area (Å²) < 4.78 is 10.2. The first-order valence-electron chi connectivity index (χ1n) is 8.62. The molecule has 0 saturated carbocycles. The van der Waals surface area contributed by atoms with E-state index < -0.39 is 12.1 Å². The van der Waals surface area contributed by atoms with E-state index in [1.54, 1.807) is 12.1 Å². The van der Waals surface area contributed by atoms with Crippen LogP contribution in [0.15, 0.2) is 24.3 Å². The van der Waals surface area contributed by atoms with Gasteiger partial charge in [0.2, 0.25) is 0 Å². The molecule has 0 atom stereocenters. The van der Waals surface area contributed by atoms with Crippen LogP contribution in [0.3, 0.4) is 0 Å². The van der Waals surface area contributed by atoms with Crippen LogP contribution in [0.25, 0.3) is 0 Å². The second kappa shape index (κ2) is 13.1. The molecule has 0 fully saturated rings. The fourth-order valence-corrected chi connectivity index (χ4v) is 1.85. The summed E-state index contributed by atoms with van der Waals surface area (Å²) in [5, 5.41) is 4.12. The maximum atomic E-state index is 11.7. The monoisotopic (exact) mass is 354 g/mol. The highest BCUT2D eigenvalue weighted by molar-refractivity contribution is 5.89. The average Bonchev–Trinajstić information content (AvgIpc) is 2.62. The topological polar surface area (TPSA) is 80.3 Å². The fourth-order valence-electron chi connectivity index (χ4n) is 1.85. The molecule has 0 N–H and O–H groups in total. The van der Waals surface area contributed by atoms with E-state index in [0.29, 0.717) is 18.8 Å². The lowest BCUT2D eigenvalue weighted by Gasteiger charge is -2.06. The summed E-state index contributed by atoms with van der Waals surface area (Å²) in [6.45, 7) is 4.96. The van der Waals surface area contributed by atoms with Crippen molar-refractivity contribution in [3.05, 3.63) is 29.8 Å². The Labute approximate surface area is 148 Å². The maximum Gasteiger partial charge on any atom is 0.543 e. The molecule has 7 nitrogen and oxygen atoms in total. The van der Waals surface area contributed by atoms with E-state index >= 15 is 0 Å². The Morgan fingerprint density at radius 1 is 0.840 bits per heavy atom. The zero-order chi connectivity index (χ0) is 18.3. The molecule has 0 unspecified atom stereocenters. The van der Waals surface area contributed by atoms with E-state index in [2.05, 4.69) is 26.5 Å². The molecule has 0 aliphatic carbocycles. The van der Waals surface area contributed by atoms with Crippen molar-refractivity contribution < 1.29 is 33.9 Å². The number of benzene rings is 1. The average molecular weight is 354 g/mol. The van der Waals surface area contributed by atoms with Crippen LogP contribution >= 0.6 is 0 Å². The van der Waals surface area contributed by atoms with Gasteiger partial charge in [-0.05, 0) is 37.1 Å². The number of rotatable bonds is 12. The van der Waals surface area contributed by atoms with Crippen molar-refractivity contribution in [3.63, 3.8) is 0 Å². The first kappa shape index (κ1) is 20.8. The van der Waals surface area contributed by atoms with Gasteiger partial charge in [0.15, 0.2) is 0 Å². The quantitative estimate of drug-likeness (QED) is 0.235. The molecule has 0 bridgehead atoms. The summed E-state index contributed by atoms with van der Waals surface area (Å²) in [4.78, 5) is 31.3. The van der Waals surface area contributed by atoms with Gasteiger partial charge in [-0.3, -0.25) is 4.89 Å². The summed E-state index contributed by atoms with van der Waals surface area (Å²) in [6, 6.07) is 6.39. The van der Waals surface area contributed by atoms with Crippen LogP contribution in [-0.4, -0.2) is 25.3 Å². The van der Waals surface area contributed by atoms with Crippen LogP contribution in [-0.2, 0) is 19.6 Å². The molecule has 0 aliphatic rings. The van der Waals surface area contributed by atoms with E-state index in [-0.39, 0.29) is 12.2 Å². The number of hydrogen-bond donors (Lipinski definition) is 0. The maximum absolute atomic E-state index is 11.7. The van der Waals surface area contributed by atoms with Crippen LogP contribution in [0.1, 0.15) is 62.7 Å². The van der Waals surface area contributed by atoms with Crippen molar-refractivity contribution >= 4 is 12.1 Å². The standard InChI is InChI=1S/C18H26O7/c1-3-5-7-8-14-21-16-11-9-15(10-12-16)17(19)23-25-24-18(20)22-13-6-4-2/h9-12H,3-8,13-14H2,1-2H3. The summed E-state index contributed by atoms with van der Waals surface area (Å²) in [7, 11) is 0. The molecule has 0 amide bonds. The SMILES string of the molecule is CCCCCCOc1ccc(C(=O)OOOC(=O)OCCCC)cc1. The lowest BCUT2D eigenvalue weighted by molar-refractivity contribution is -0.452. The van der Waals surface area contributed by atoms with Gasteiger partial charge in [-0.2, -0.15) is 0 Å². The minimum Gasteiger partial charge on any atom is -0.494 e. The van der Waals surface area contributed by atoms with Crippen LogP contribution in [0.2, 0.25) is 0 Å². The predicted octanol–water partition coefficient (Wildman–Crippen LogP) is 4.60. The highest BCUT2D eigenvalue weighted by Gasteiger charge is 2.12. The van der Waals surface area contributed by atoms with Crippen molar-refractivity contribution in [2.45, 2.75) is 52.4 Å². The molecule has 0 radical (unpaired) electrons. The van der Waals surface area contributed by atoms with Gasteiger partial charge in [-0.1, -0.05) is 39.5 Å². The third-order valence-electron chi connectivity index (χ3n) is 3.29. The molecule has 0 spiro atoms. The zero-order valence-corrected chi connectivity index (χ0v) is 14.8. The van der Waals surface area contributed by atoms with Crippen molar-refractivity contribution in [1.29, 1.82) is 0 Å². The lowest BCUT2D eigenvalue weighted by atomic mass is 10.2. The van der Waals surface area contributed by atoms with E-state index in [1.165, 1.54) is 25.0 Å². The van der Waals surface area contributed by atoms with Gasteiger partial charge in [0, 0.05) is 0 Å². The molecular weight excluding hydrogens is 328 g/mol. The largest absolute Gasteiger partial charge is 0.543 e. The fraction of sp³-hybridized carbons (Fsp3) is 0.556. The molecule has 0 aliphatic heterocycles. The highest BCUT2D eigenvalue weighted by Crippen LogP contribution is 2.14. The summed E-state index contributed by atoms with van der Waals surface area (Å²) in [5.74, 6) is -0.124. The number of unbranched alkanes of at least 4 members (excludes halogenated alkanes) is 4. The van der Waals surface area contributed by atoms with Crippen LogP contribution < -0.4 is 4.74 Å². The Morgan fingerprint density at radius 2 is 1.56 bits per heavy atom. The lowest BCUT2D eigenvalue weighted by Crippen LogP contribution is -2.12. The molecule has 0 aromatic heterocycles. The molecule has 0 heterocycles. The Balaban J connectivity index is 2.23. The first-order valence-corrected chi connectivity index (χ1v) is 8.62. The predicted molar refractivity (Wildman–Crippen MR) is 89.9 cm³/mol. The van der Waals surface area contributed by atoms with Gasteiger partial charge >= 0.3 is 12.1 Å². The van der Waals surface area contributed by atoms with Crippen molar-refractivity contribution in [3.8, 4) is 5.75 Å². The normalized spacial score (nSPS) is 10.2. The van der Waals surface area contributed by atoms with Gasteiger partial charge in [-0.25, -0.2) is 14.5 Å². The van der Waals surface area contributed by atoms with Gasteiger partial charge in [0.05, 0.1) is 23.8 Å². The molecule has 25 heavy (non-hydrogen) atoms. The third kappa shape index (κ3) is 9.56. The Hall–Kier alpha value is -2.28. The summed E-state index contributed by atoms with van der Waals surface area (Å²) >= 11 is 0. The van der Waals surface area contributed by atoms with Crippen LogP contribution in [0, 0.1) is 0 Å². The van der Waals surface area contributed by atoms with Gasteiger partial charge in [-0.15, -0.1) is 0 Å². The molecule has 140 valence electrons. The zero-order valence-electron chi connectivity index (χ0n) is 14.8. The van der Waals surface area contributed by atoms with E-state index in [4.69, 9.17) is 4.74 Å². The molecule has 7 heteroatoms. The molecule has 1 rings (SSSR count). The number of ether oxygens (including phenoxy) is 2. The number of hydrogen-bond acceptors (Lipinski definition) is 7. The van der Waals surface area contributed by atoms with E-state index in [9.17, 15) is 9.59 Å². The molecule has 1 aromatic carbocycles. The Morgan fingerprint density at radius 3 is 2.24 bits per heavy atom. The van der Waals surface area contributed by atoms with Crippen molar-refractivity contribution in [2.24, 2.45) is 0 Å². The summed E-state index contributed by atoms with van der Waals surface area (Å²) in [5.41, 5.74) is 0.237. The van der Waals surface area contributed by atoms with Crippen LogP contribution in [0.5, 0.6) is 5.75 Å². The van der Waals surface area contributed by atoms with E-state index in [1.807, 2.05) is 6.92 Å².